The van der Waals surface area contributed by atoms with Crippen molar-refractivity contribution in [1.82, 2.24) is 4.57 Å². The minimum atomic E-state index is -0.864. The van der Waals surface area contributed by atoms with Gasteiger partial charge in [-0.15, -0.1) is 11.3 Å². The molecule has 28 heavy (non-hydrogen) atoms. The average molecular weight is 396 g/mol. The molecule has 0 radical (unpaired) electrons. The second-order valence-electron chi connectivity index (χ2n) is 7.10. The Labute approximate surface area is 167 Å². The van der Waals surface area contributed by atoms with E-state index in [1.807, 2.05) is 24.5 Å². The summed E-state index contributed by atoms with van der Waals surface area (Å²) in [5.41, 5.74) is 4.77. The standard InChI is InChI=1S/C22H21FN2O2S/c1-13-10-15(12-24-17-7-5-6-16(23)11-17)14(2)25(13)21-20(22(26)27)18-8-3-4-9-19(18)28-21/h5-7,10-12H,3-4,8-9H2,1-2H3,(H,26,27). The molecular formula is C22H21FN2O2S. The first-order valence-electron chi connectivity index (χ1n) is 9.32. The molecule has 0 saturated heterocycles. The van der Waals surface area contributed by atoms with Gasteiger partial charge in [0.2, 0.25) is 0 Å². The monoisotopic (exact) mass is 396 g/mol. The number of aromatic carboxylic acids is 1. The highest BCUT2D eigenvalue weighted by Gasteiger charge is 2.27. The summed E-state index contributed by atoms with van der Waals surface area (Å²) in [5, 5.41) is 10.6. The first-order chi connectivity index (χ1) is 13.5. The maximum atomic E-state index is 13.4. The highest BCUT2D eigenvalue weighted by atomic mass is 32.1. The maximum absolute atomic E-state index is 13.4. The number of carboxylic acid groups (broad SMARTS) is 1. The van der Waals surface area contributed by atoms with Gasteiger partial charge in [0.05, 0.1) is 11.3 Å². The van der Waals surface area contributed by atoms with Crippen LogP contribution in [0, 0.1) is 19.7 Å². The van der Waals surface area contributed by atoms with Gasteiger partial charge in [0.15, 0.2) is 0 Å². The lowest BCUT2D eigenvalue weighted by Gasteiger charge is -2.11. The van der Waals surface area contributed by atoms with E-state index in [-0.39, 0.29) is 5.82 Å². The Kier molecular flexibility index (Phi) is 4.89. The Morgan fingerprint density at radius 1 is 1.25 bits per heavy atom. The fourth-order valence-electron chi connectivity index (χ4n) is 3.86. The fourth-order valence-corrected chi connectivity index (χ4v) is 5.35. The Hall–Kier alpha value is -2.73. The number of thiophene rings is 1. The van der Waals surface area contributed by atoms with Gasteiger partial charge in [0.25, 0.3) is 0 Å². The van der Waals surface area contributed by atoms with Crippen LogP contribution >= 0.6 is 11.3 Å². The summed E-state index contributed by atoms with van der Waals surface area (Å²) in [5.74, 6) is -1.19. The zero-order chi connectivity index (χ0) is 19.8. The van der Waals surface area contributed by atoms with Gasteiger partial charge in [-0.25, -0.2) is 9.18 Å². The minimum Gasteiger partial charge on any atom is -0.478 e. The molecule has 1 aromatic carbocycles. The quantitative estimate of drug-likeness (QED) is 0.582. The molecule has 1 aliphatic carbocycles. The molecule has 1 N–H and O–H groups in total. The van der Waals surface area contributed by atoms with Gasteiger partial charge in [-0.3, -0.25) is 4.99 Å². The van der Waals surface area contributed by atoms with E-state index >= 15 is 0 Å². The second-order valence-corrected chi connectivity index (χ2v) is 8.18. The molecule has 0 fully saturated rings. The van der Waals surface area contributed by atoms with Crippen molar-refractivity contribution in [3.05, 3.63) is 69.1 Å². The molecule has 4 rings (SSSR count). The summed E-state index contributed by atoms with van der Waals surface area (Å²) in [6.07, 6.45) is 5.65. The number of aryl methyl sites for hydroxylation is 2. The number of halogens is 1. The number of aromatic nitrogens is 1. The van der Waals surface area contributed by atoms with Crippen LogP contribution in [-0.2, 0) is 12.8 Å². The summed E-state index contributed by atoms with van der Waals surface area (Å²) in [7, 11) is 0. The Morgan fingerprint density at radius 3 is 2.79 bits per heavy atom. The topological polar surface area (TPSA) is 54.6 Å². The molecule has 0 saturated carbocycles. The van der Waals surface area contributed by atoms with Crippen LogP contribution in [-0.4, -0.2) is 21.9 Å². The van der Waals surface area contributed by atoms with E-state index in [1.165, 1.54) is 17.0 Å². The van der Waals surface area contributed by atoms with E-state index in [0.717, 1.165) is 53.2 Å². The number of nitrogens with zero attached hydrogens (tertiary/aromatic N) is 2. The van der Waals surface area contributed by atoms with E-state index in [0.29, 0.717) is 11.3 Å². The third-order valence-electron chi connectivity index (χ3n) is 5.20. The third-order valence-corrected chi connectivity index (χ3v) is 6.48. The smallest absolute Gasteiger partial charge is 0.339 e. The lowest BCUT2D eigenvalue weighted by Crippen LogP contribution is -2.09. The Morgan fingerprint density at radius 2 is 2.04 bits per heavy atom. The molecule has 0 unspecified atom stereocenters. The van der Waals surface area contributed by atoms with Crippen molar-refractivity contribution in [3.8, 4) is 5.00 Å². The number of aliphatic imine (C=N–C) groups is 1. The molecule has 2 heterocycles. The van der Waals surface area contributed by atoms with Gasteiger partial charge >= 0.3 is 5.97 Å². The van der Waals surface area contributed by atoms with E-state index in [9.17, 15) is 14.3 Å². The van der Waals surface area contributed by atoms with Gasteiger partial charge in [-0.2, -0.15) is 0 Å². The van der Waals surface area contributed by atoms with Crippen LogP contribution in [0.15, 0.2) is 35.3 Å². The SMILES string of the molecule is Cc1cc(C=Nc2cccc(F)c2)c(C)n1-c1sc2c(c1C(=O)O)CCCC2. The lowest BCUT2D eigenvalue weighted by molar-refractivity contribution is 0.0696. The van der Waals surface area contributed by atoms with Crippen molar-refractivity contribution < 1.29 is 14.3 Å². The Bertz CT molecular complexity index is 1090. The van der Waals surface area contributed by atoms with E-state index < -0.39 is 5.97 Å². The zero-order valence-corrected chi connectivity index (χ0v) is 16.6. The summed E-state index contributed by atoms with van der Waals surface area (Å²) < 4.78 is 15.4. The van der Waals surface area contributed by atoms with Gasteiger partial charge in [-0.1, -0.05) is 6.07 Å². The van der Waals surface area contributed by atoms with Gasteiger partial charge in [0.1, 0.15) is 10.8 Å². The van der Waals surface area contributed by atoms with Crippen molar-refractivity contribution in [2.75, 3.05) is 0 Å². The minimum absolute atomic E-state index is 0.324. The van der Waals surface area contributed by atoms with Gasteiger partial charge in [-0.05, 0) is 69.4 Å². The van der Waals surface area contributed by atoms with Crippen molar-refractivity contribution in [3.63, 3.8) is 0 Å². The summed E-state index contributed by atoms with van der Waals surface area (Å²) in [4.78, 5) is 17.6. The van der Waals surface area contributed by atoms with Crippen LogP contribution in [0.1, 0.15) is 50.6 Å². The van der Waals surface area contributed by atoms with Crippen LogP contribution in [0.2, 0.25) is 0 Å². The first kappa shape index (κ1) is 18.6. The molecule has 2 aromatic heterocycles. The van der Waals surface area contributed by atoms with Crippen molar-refractivity contribution in [2.24, 2.45) is 4.99 Å². The predicted molar refractivity (Wildman–Crippen MR) is 110 cm³/mol. The Balaban J connectivity index is 1.78. The highest BCUT2D eigenvalue weighted by molar-refractivity contribution is 7.15. The van der Waals surface area contributed by atoms with Crippen LogP contribution in [0.5, 0.6) is 0 Å². The summed E-state index contributed by atoms with van der Waals surface area (Å²) in [6, 6.07) is 8.13. The van der Waals surface area contributed by atoms with E-state index in [4.69, 9.17) is 0 Å². The number of carbonyl (C=O) groups is 1. The van der Waals surface area contributed by atoms with Gasteiger partial charge < -0.3 is 9.67 Å². The molecule has 1 aliphatic rings. The number of carboxylic acids is 1. The second kappa shape index (κ2) is 7.36. The molecule has 4 nitrogen and oxygen atoms in total. The van der Waals surface area contributed by atoms with E-state index in [2.05, 4.69) is 4.99 Å². The third kappa shape index (κ3) is 3.29. The lowest BCUT2D eigenvalue weighted by atomic mass is 9.95. The maximum Gasteiger partial charge on any atom is 0.339 e. The van der Waals surface area contributed by atoms with Crippen molar-refractivity contribution in [1.29, 1.82) is 0 Å². The molecular weight excluding hydrogens is 375 g/mol. The van der Waals surface area contributed by atoms with Crippen molar-refractivity contribution >= 4 is 29.2 Å². The number of benzene rings is 1. The molecule has 0 aliphatic heterocycles. The zero-order valence-electron chi connectivity index (χ0n) is 15.8. The van der Waals surface area contributed by atoms with Crippen LogP contribution < -0.4 is 0 Å². The number of fused-ring (bicyclic) bond motifs is 1. The number of hydrogen-bond donors (Lipinski definition) is 1. The molecule has 144 valence electrons. The number of rotatable bonds is 4. The average Bonchev–Trinajstić information content (AvgIpc) is 3.16. The summed E-state index contributed by atoms with van der Waals surface area (Å²) >= 11 is 1.59. The highest BCUT2D eigenvalue weighted by Crippen LogP contribution is 2.38. The molecule has 3 aromatic rings. The molecule has 0 amide bonds. The van der Waals surface area contributed by atoms with Gasteiger partial charge in [0, 0.05) is 28.0 Å². The van der Waals surface area contributed by atoms with Crippen molar-refractivity contribution in [2.45, 2.75) is 39.5 Å². The predicted octanol–water partition coefficient (Wildman–Crippen LogP) is 5.62. The van der Waals surface area contributed by atoms with E-state index in [1.54, 1.807) is 29.7 Å². The van der Waals surface area contributed by atoms with Crippen LogP contribution in [0.25, 0.3) is 5.00 Å². The number of hydrogen-bond acceptors (Lipinski definition) is 3. The molecule has 6 heteroatoms. The normalized spacial score (nSPS) is 13.8. The largest absolute Gasteiger partial charge is 0.478 e. The van der Waals surface area contributed by atoms with Crippen LogP contribution in [0.4, 0.5) is 10.1 Å². The molecule has 0 atom stereocenters. The first-order valence-corrected chi connectivity index (χ1v) is 10.1. The molecule has 0 bridgehead atoms. The fraction of sp³-hybridized carbons (Fsp3) is 0.273. The molecule has 0 spiro atoms. The summed E-state index contributed by atoms with van der Waals surface area (Å²) in [6.45, 7) is 3.93. The van der Waals surface area contributed by atoms with Crippen LogP contribution in [0.3, 0.4) is 0 Å².